The van der Waals surface area contributed by atoms with Gasteiger partial charge in [0.2, 0.25) is 0 Å². The van der Waals surface area contributed by atoms with Gasteiger partial charge in [-0.05, 0) is 5.92 Å². The lowest BCUT2D eigenvalue weighted by Crippen LogP contribution is -1.92. The summed E-state index contributed by atoms with van der Waals surface area (Å²) < 4.78 is 0. The molecular weight excluding hydrogens is 82.9 g/mol. The summed E-state index contributed by atoms with van der Waals surface area (Å²) in [6, 6.07) is 0. The summed E-state index contributed by atoms with van der Waals surface area (Å²) in [6.45, 7) is 6.41. The SMILES string of the molecule is [B]C(C)CC(C)C. The van der Waals surface area contributed by atoms with Gasteiger partial charge >= 0.3 is 0 Å². The van der Waals surface area contributed by atoms with Crippen LogP contribution < -0.4 is 0 Å². The summed E-state index contributed by atoms with van der Waals surface area (Å²) in [4.78, 5) is 0. The highest BCUT2D eigenvalue weighted by atomic mass is 14.0. The molecule has 40 valence electrons. The molecule has 0 N–H and O–H groups in total. The topological polar surface area (TPSA) is 0 Å². The molecule has 0 amide bonds. The average Bonchev–Trinajstić information content (AvgIpc) is 1.27. The molecule has 1 atom stereocenters. The van der Waals surface area contributed by atoms with Gasteiger partial charge in [-0.3, -0.25) is 0 Å². The van der Waals surface area contributed by atoms with Crippen LogP contribution in [0.1, 0.15) is 27.2 Å². The summed E-state index contributed by atoms with van der Waals surface area (Å²) in [6.07, 6.45) is 1.14. The first-order valence-corrected chi connectivity index (χ1v) is 2.88. The molecule has 0 aromatic heterocycles. The smallest absolute Gasteiger partial charge is 0.0695 e. The van der Waals surface area contributed by atoms with Gasteiger partial charge in [0, 0.05) is 0 Å². The second kappa shape index (κ2) is 3.12. The largest absolute Gasteiger partial charge is 0.0799 e. The Hall–Kier alpha value is 0.0649. The van der Waals surface area contributed by atoms with E-state index >= 15 is 0 Å². The first-order valence-electron chi connectivity index (χ1n) is 2.88. The Labute approximate surface area is 47.7 Å². The Morgan fingerprint density at radius 2 is 1.71 bits per heavy atom. The van der Waals surface area contributed by atoms with Crippen LogP contribution in [0.4, 0.5) is 0 Å². The standard InChI is InChI=1S/C6H13B/c1-5(2)4-6(3)7/h5-6H,4H2,1-3H3. The zero-order chi connectivity index (χ0) is 5.86. The summed E-state index contributed by atoms with van der Waals surface area (Å²) in [5, 5.41) is 0. The summed E-state index contributed by atoms with van der Waals surface area (Å²) in [5.74, 6) is 1.12. The number of hydrogen-bond acceptors (Lipinski definition) is 0. The molecule has 0 aromatic rings. The van der Waals surface area contributed by atoms with Crippen molar-refractivity contribution in [3.63, 3.8) is 0 Å². The van der Waals surface area contributed by atoms with Crippen molar-refractivity contribution in [3.05, 3.63) is 0 Å². The van der Waals surface area contributed by atoms with Gasteiger partial charge in [0.15, 0.2) is 0 Å². The molecule has 0 saturated carbocycles. The van der Waals surface area contributed by atoms with E-state index in [0.29, 0.717) is 5.82 Å². The van der Waals surface area contributed by atoms with Gasteiger partial charge in [-0.25, -0.2) is 0 Å². The van der Waals surface area contributed by atoms with Crippen molar-refractivity contribution in [2.24, 2.45) is 5.92 Å². The Morgan fingerprint density at radius 1 is 1.29 bits per heavy atom. The third-order valence-electron chi connectivity index (χ3n) is 0.843. The van der Waals surface area contributed by atoms with Gasteiger partial charge < -0.3 is 0 Å². The van der Waals surface area contributed by atoms with Gasteiger partial charge in [0.25, 0.3) is 0 Å². The zero-order valence-corrected chi connectivity index (χ0v) is 5.44. The predicted molar refractivity (Wildman–Crippen MR) is 34.6 cm³/mol. The van der Waals surface area contributed by atoms with E-state index in [0.717, 1.165) is 12.3 Å². The molecular formula is C6H13B. The van der Waals surface area contributed by atoms with Crippen LogP contribution in [0.3, 0.4) is 0 Å². The molecule has 0 spiro atoms. The third-order valence-corrected chi connectivity index (χ3v) is 0.843. The van der Waals surface area contributed by atoms with E-state index in [1.807, 2.05) is 6.92 Å². The van der Waals surface area contributed by atoms with Crippen LogP contribution in [-0.2, 0) is 0 Å². The van der Waals surface area contributed by atoms with Crippen LogP contribution in [-0.4, -0.2) is 7.85 Å². The number of rotatable bonds is 2. The average molecular weight is 96.0 g/mol. The second-order valence-corrected chi connectivity index (χ2v) is 2.61. The van der Waals surface area contributed by atoms with Crippen molar-refractivity contribution in [2.45, 2.75) is 33.0 Å². The Morgan fingerprint density at radius 3 is 1.71 bits per heavy atom. The molecule has 7 heavy (non-hydrogen) atoms. The van der Waals surface area contributed by atoms with Crippen molar-refractivity contribution in [1.82, 2.24) is 0 Å². The van der Waals surface area contributed by atoms with Crippen LogP contribution >= 0.6 is 0 Å². The highest BCUT2D eigenvalue weighted by Crippen LogP contribution is 2.10. The molecule has 0 aliphatic carbocycles. The lowest BCUT2D eigenvalue weighted by molar-refractivity contribution is 0.576. The molecule has 0 saturated heterocycles. The molecule has 2 radical (unpaired) electrons. The molecule has 0 fully saturated rings. The third kappa shape index (κ3) is 6.06. The van der Waals surface area contributed by atoms with E-state index in [-0.39, 0.29) is 0 Å². The first-order chi connectivity index (χ1) is 3.13. The van der Waals surface area contributed by atoms with Crippen molar-refractivity contribution in [1.29, 1.82) is 0 Å². The maximum Gasteiger partial charge on any atom is 0.0695 e. The minimum Gasteiger partial charge on any atom is -0.0799 e. The Kier molecular flexibility index (Phi) is 3.15. The highest BCUT2D eigenvalue weighted by Gasteiger charge is 1.95. The van der Waals surface area contributed by atoms with Crippen LogP contribution in [0.5, 0.6) is 0 Å². The lowest BCUT2D eigenvalue weighted by Gasteiger charge is -2.05. The van der Waals surface area contributed by atoms with Gasteiger partial charge in [0.1, 0.15) is 0 Å². The summed E-state index contributed by atoms with van der Waals surface area (Å²) in [7, 11) is 5.49. The molecule has 0 nitrogen and oxygen atoms in total. The monoisotopic (exact) mass is 96.1 g/mol. The summed E-state index contributed by atoms with van der Waals surface area (Å²) >= 11 is 0. The van der Waals surface area contributed by atoms with Gasteiger partial charge in [-0.1, -0.05) is 33.0 Å². The Bertz CT molecular complexity index is 33.4. The maximum absolute atomic E-state index is 5.49. The minimum absolute atomic E-state index is 0.375. The molecule has 0 aliphatic heterocycles. The molecule has 1 heteroatoms. The molecule has 0 aromatic carbocycles. The molecule has 0 heterocycles. The van der Waals surface area contributed by atoms with Crippen molar-refractivity contribution < 1.29 is 0 Å². The molecule has 0 rings (SSSR count). The van der Waals surface area contributed by atoms with Crippen LogP contribution in [0.25, 0.3) is 0 Å². The van der Waals surface area contributed by atoms with Crippen LogP contribution in [0.2, 0.25) is 5.82 Å². The second-order valence-electron chi connectivity index (χ2n) is 2.61. The van der Waals surface area contributed by atoms with E-state index in [2.05, 4.69) is 13.8 Å². The van der Waals surface area contributed by atoms with Crippen molar-refractivity contribution in [2.75, 3.05) is 0 Å². The lowest BCUT2D eigenvalue weighted by atomic mass is 9.83. The molecule has 0 aliphatic rings. The van der Waals surface area contributed by atoms with E-state index in [9.17, 15) is 0 Å². The fraction of sp³-hybridized carbons (Fsp3) is 1.00. The van der Waals surface area contributed by atoms with Crippen molar-refractivity contribution in [3.8, 4) is 0 Å². The first kappa shape index (κ1) is 7.06. The molecule has 0 bridgehead atoms. The van der Waals surface area contributed by atoms with Crippen LogP contribution in [0, 0.1) is 5.92 Å². The van der Waals surface area contributed by atoms with E-state index < -0.39 is 0 Å². The summed E-state index contributed by atoms with van der Waals surface area (Å²) in [5.41, 5.74) is 0. The predicted octanol–water partition coefficient (Wildman–Crippen LogP) is 2.01. The van der Waals surface area contributed by atoms with Gasteiger partial charge in [0.05, 0.1) is 7.85 Å². The Balaban J connectivity index is 2.95. The minimum atomic E-state index is 0.375. The molecule has 1 unspecified atom stereocenters. The van der Waals surface area contributed by atoms with E-state index in [1.54, 1.807) is 0 Å². The fourth-order valence-electron chi connectivity index (χ4n) is 0.744. The highest BCUT2D eigenvalue weighted by molar-refractivity contribution is 6.11. The van der Waals surface area contributed by atoms with E-state index in [1.165, 1.54) is 0 Å². The van der Waals surface area contributed by atoms with Gasteiger partial charge in [-0.15, -0.1) is 0 Å². The maximum atomic E-state index is 5.49. The van der Waals surface area contributed by atoms with Crippen molar-refractivity contribution >= 4 is 7.85 Å². The normalized spacial score (nSPS) is 14.9. The fourth-order valence-corrected chi connectivity index (χ4v) is 0.744. The number of hydrogen-bond donors (Lipinski definition) is 0. The zero-order valence-electron chi connectivity index (χ0n) is 5.44. The van der Waals surface area contributed by atoms with E-state index in [4.69, 9.17) is 7.85 Å². The van der Waals surface area contributed by atoms with Gasteiger partial charge in [-0.2, -0.15) is 0 Å². The van der Waals surface area contributed by atoms with Crippen LogP contribution in [0.15, 0.2) is 0 Å². The quantitative estimate of drug-likeness (QED) is 0.461.